The van der Waals surface area contributed by atoms with E-state index in [0.717, 1.165) is 62.3 Å². The minimum atomic E-state index is -0.0945. The van der Waals surface area contributed by atoms with Gasteiger partial charge < -0.3 is 19.8 Å². The molecule has 3 aromatic rings. The number of amides is 1. The average molecular weight is 409 g/mol. The maximum Gasteiger partial charge on any atom is 0.267 e. The summed E-state index contributed by atoms with van der Waals surface area (Å²) in [6, 6.07) is 12.0. The summed E-state index contributed by atoms with van der Waals surface area (Å²) in [5, 5.41) is 3.88. The minimum Gasteiger partial charge on any atom is -0.494 e. The summed E-state index contributed by atoms with van der Waals surface area (Å²) in [7, 11) is 0. The van der Waals surface area contributed by atoms with Crippen molar-refractivity contribution in [1.82, 2.24) is 20.2 Å². The molecule has 1 amide bonds. The molecule has 4 rings (SSSR count). The van der Waals surface area contributed by atoms with Gasteiger partial charge >= 0.3 is 0 Å². The van der Waals surface area contributed by atoms with E-state index in [2.05, 4.69) is 32.3 Å². The van der Waals surface area contributed by atoms with Crippen molar-refractivity contribution < 1.29 is 14.3 Å². The smallest absolute Gasteiger partial charge is 0.267 e. The summed E-state index contributed by atoms with van der Waals surface area (Å²) < 4.78 is 11.2. The van der Waals surface area contributed by atoms with Crippen molar-refractivity contribution in [3.8, 4) is 5.75 Å². The fraction of sp³-hybridized carbons (Fsp3) is 0.391. The number of pyridine rings is 1. The Balaban J connectivity index is 1.12. The van der Waals surface area contributed by atoms with Crippen LogP contribution in [0, 0.1) is 0 Å². The van der Waals surface area contributed by atoms with Crippen LogP contribution in [0.2, 0.25) is 0 Å². The molecule has 1 saturated heterocycles. The van der Waals surface area contributed by atoms with Crippen LogP contribution >= 0.6 is 0 Å². The van der Waals surface area contributed by atoms with E-state index in [4.69, 9.17) is 9.47 Å². The minimum absolute atomic E-state index is 0.0945. The van der Waals surface area contributed by atoms with Crippen molar-refractivity contribution >= 4 is 16.8 Å². The highest BCUT2D eigenvalue weighted by atomic mass is 16.5. The number of unbranched alkanes of at least 4 members (excludes halogenated alkanes) is 1. The Morgan fingerprint density at radius 1 is 1.17 bits per heavy atom. The van der Waals surface area contributed by atoms with E-state index < -0.39 is 0 Å². The molecule has 0 unspecified atom stereocenters. The van der Waals surface area contributed by atoms with Gasteiger partial charge in [0, 0.05) is 49.5 Å². The fourth-order valence-corrected chi connectivity index (χ4v) is 3.52. The highest BCUT2D eigenvalue weighted by Gasteiger charge is 2.11. The van der Waals surface area contributed by atoms with Crippen LogP contribution in [0.1, 0.15) is 28.9 Å². The lowest BCUT2D eigenvalue weighted by Crippen LogP contribution is -2.35. The molecule has 30 heavy (non-hydrogen) atoms. The predicted octanol–water partition coefficient (Wildman–Crippen LogP) is 2.98. The van der Waals surface area contributed by atoms with Crippen molar-refractivity contribution in [2.24, 2.45) is 0 Å². The number of fused-ring (bicyclic) bond motifs is 1. The molecule has 7 heteroatoms. The second-order valence-corrected chi connectivity index (χ2v) is 7.49. The van der Waals surface area contributed by atoms with E-state index in [0.29, 0.717) is 18.8 Å². The van der Waals surface area contributed by atoms with Crippen LogP contribution in [-0.2, 0) is 11.3 Å². The normalized spacial score (nSPS) is 14.7. The summed E-state index contributed by atoms with van der Waals surface area (Å²) in [4.78, 5) is 21.8. The lowest BCUT2D eigenvalue weighted by atomic mass is 10.2. The quantitative estimate of drug-likeness (QED) is 0.532. The van der Waals surface area contributed by atoms with Crippen LogP contribution in [0.5, 0.6) is 5.75 Å². The van der Waals surface area contributed by atoms with Crippen molar-refractivity contribution in [3.05, 3.63) is 60.0 Å². The fourth-order valence-electron chi connectivity index (χ4n) is 3.52. The first kappa shape index (κ1) is 20.4. The lowest BCUT2D eigenvalue weighted by Gasteiger charge is -2.26. The van der Waals surface area contributed by atoms with Crippen LogP contribution in [-0.4, -0.2) is 60.2 Å². The molecule has 2 aromatic heterocycles. The summed E-state index contributed by atoms with van der Waals surface area (Å²) in [5.74, 6) is 0.791. The number of nitrogens with one attached hydrogen (secondary N) is 2. The number of ether oxygens (including phenoxy) is 2. The van der Waals surface area contributed by atoms with Gasteiger partial charge in [-0.1, -0.05) is 12.1 Å². The van der Waals surface area contributed by atoms with E-state index >= 15 is 0 Å². The summed E-state index contributed by atoms with van der Waals surface area (Å²) in [6.45, 7) is 5.83. The Labute approximate surface area is 176 Å². The first-order chi connectivity index (χ1) is 14.8. The van der Waals surface area contributed by atoms with E-state index in [-0.39, 0.29) is 5.91 Å². The Morgan fingerprint density at radius 2 is 2.00 bits per heavy atom. The van der Waals surface area contributed by atoms with E-state index in [1.807, 2.05) is 24.3 Å². The molecule has 1 aromatic carbocycles. The Hall–Kier alpha value is -2.90. The average Bonchev–Trinajstić information content (AvgIpc) is 3.22. The molecule has 7 nitrogen and oxygen atoms in total. The zero-order valence-electron chi connectivity index (χ0n) is 17.1. The molecule has 158 valence electrons. The number of carbonyl (C=O) groups is 1. The Bertz CT molecular complexity index is 915. The molecule has 0 bridgehead atoms. The second kappa shape index (κ2) is 10.2. The van der Waals surface area contributed by atoms with Gasteiger partial charge in [0.1, 0.15) is 11.4 Å². The number of H-pyrrole nitrogens is 1. The molecular weight excluding hydrogens is 380 g/mol. The van der Waals surface area contributed by atoms with Crippen molar-refractivity contribution in [1.29, 1.82) is 0 Å². The lowest BCUT2D eigenvalue weighted by molar-refractivity contribution is 0.0342. The molecule has 3 heterocycles. The topological polar surface area (TPSA) is 79.5 Å². The molecule has 2 N–H and O–H groups in total. The van der Waals surface area contributed by atoms with Gasteiger partial charge in [0.2, 0.25) is 0 Å². The monoisotopic (exact) mass is 408 g/mol. The standard InChI is InChI=1S/C23H28N4O3/c28-23(22-15-19-16-24-9-7-21(19)26-22)25-8-1-2-12-30-20-5-3-18(4-6-20)17-27-10-13-29-14-11-27/h3-7,9,15-16,26H,1-2,8,10-14,17H2,(H,25,28). The second-order valence-electron chi connectivity index (χ2n) is 7.49. The number of nitrogens with zero attached hydrogens (tertiary/aromatic N) is 2. The predicted molar refractivity (Wildman–Crippen MR) is 116 cm³/mol. The van der Waals surface area contributed by atoms with E-state index in [1.165, 1.54) is 5.56 Å². The van der Waals surface area contributed by atoms with Crippen LogP contribution in [0.15, 0.2) is 48.8 Å². The van der Waals surface area contributed by atoms with Crippen molar-refractivity contribution in [2.45, 2.75) is 19.4 Å². The maximum atomic E-state index is 12.2. The molecule has 0 saturated carbocycles. The number of aromatic amines is 1. The number of benzene rings is 1. The highest BCUT2D eigenvalue weighted by molar-refractivity contribution is 5.97. The number of hydrogen-bond acceptors (Lipinski definition) is 5. The summed E-state index contributed by atoms with van der Waals surface area (Å²) >= 11 is 0. The third kappa shape index (κ3) is 5.58. The van der Waals surface area contributed by atoms with Gasteiger partial charge in [-0.2, -0.15) is 0 Å². The van der Waals surface area contributed by atoms with Crippen LogP contribution in [0.25, 0.3) is 10.9 Å². The van der Waals surface area contributed by atoms with Gasteiger partial charge in [0.05, 0.1) is 19.8 Å². The molecule has 0 aliphatic carbocycles. The van der Waals surface area contributed by atoms with Gasteiger partial charge in [0.25, 0.3) is 5.91 Å². The van der Waals surface area contributed by atoms with E-state index in [9.17, 15) is 4.79 Å². The third-order valence-corrected chi connectivity index (χ3v) is 5.22. The first-order valence-corrected chi connectivity index (χ1v) is 10.5. The van der Waals surface area contributed by atoms with Gasteiger partial charge in [-0.3, -0.25) is 14.7 Å². The molecule has 0 radical (unpaired) electrons. The maximum absolute atomic E-state index is 12.2. The van der Waals surface area contributed by atoms with Crippen LogP contribution in [0.4, 0.5) is 0 Å². The zero-order chi connectivity index (χ0) is 20.6. The largest absolute Gasteiger partial charge is 0.494 e. The number of aromatic nitrogens is 2. The molecule has 1 aliphatic rings. The van der Waals surface area contributed by atoms with Crippen molar-refractivity contribution in [2.75, 3.05) is 39.5 Å². The van der Waals surface area contributed by atoms with Gasteiger partial charge in [-0.15, -0.1) is 0 Å². The van der Waals surface area contributed by atoms with Gasteiger partial charge in [-0.05, 0) is 42.7 Å². The Kier molecular flexibility index (Phi) is 6.95. The van der Waals surface area contributed by atoms with E-state index in [1.54, 1.807) is 12.4 Å². The zero-order valence-corrected chi connectivity index (χ0v) is 17.1. The van der Waals surface area contributed by atoms with Gasteiger partial charge in [0.15, 0.2) is 0 Å². The molecule has 1 aliphatic heterocycles. The van der Waals surface area contributed by atoms with Crippen LogP contribution in [0.3, 0.4) is 0 Å². The Morgan fingerprint density at radius 3 is 2.80 bits per heavy atom. The number of carbonyl (C=O) groups excluding carboxylic acids is 1. The molecule has 1 fully saturated rings. The highest BCUT2D eigenvalue weighted by Crippen LogP contribution is 2.15. The first-order valence-electron chi connectivity index (χ1n) is 10.5. The molecule has 0 atom stereocenters. The summed E-state index contributed by atoms with van der Waals surface area (Å²) in [6.07, 6.45) is 5.20. The van der Waals surface area contributed by atoms with Gasteiger partial charge in [-0.25, -0.2) is 0 Å². The third-order valence-electron chi connectivity index (χ3n) is 5.22. The number of hydrogen-bond donors (Lipinski definition) is 2. The molecule has 0 spiro atoms. The van der Waals surface area contributed by atoms with Crippen LogP contribution < -0.4 is 10.1 Å². The number of rotatable bonds is 9. The summed E-state index contributed by atoms with van der Waals surface area (Å²) in [5.41, 5.74) is 2.77. The number of morpholine rings is 1. The van der Waals surface area contributed by atoms with Crippen molar-refractivity contribution in [3.63, 3.8) is 0 Å². The molecular formula is C23H28N4O3. The SMILES string of the molecule is O=C(NCCCCOc1ccc(CN2CCOCC2)cc1)c1cc2cnccc2[nH]1.